The van der Waals surface area contributed by atoms with Crippen LogP contribution in [0.5, 0.6) is 0 Å². The number of rotatable bonds is 4. The Kier molecular flexibility index (Phi) is 5.41. The molecule has 1 fully saturated rings. The van der Waals surface area contributed by atoms with Crippen molar-refractivity contribution in [3.05, 3.63) is 28.8 Å². The molecule has 0 aromatic heterocycles. The van der Waals surface area contributed by atoms with Crippen LogP contribution >= 0.6 is 11.6 Å². The van der Waals surface area contributed by atoms with Crippen molar-refractivity contribution >= 4 is 29.0 Å². The quantitative estimate of drug-likeness (QED) is 0.344. The minimum atomic E-state index is -0.139. The first kappa shape index (κ1) is 15.6. The lowest BCUT2D eigenvalue weighted by molar-refractivity contribution is -0.119. The number of nitrogens with one attached hydrogen (secondary N) is 1. The molecule has 0 bridgehead atoms. The molecule has 0 spiro atoms. The van der Waals surface area contributed by atoms with Gasteiger partial charge >= 0.3 is 0 Å². The lowest BCUT2D eigenvalue weighted by Crippen LogP contribution is -2.25. The van der Waals surface area contributed by atoms with E-state index in [1.54, 1.807) is 12.1 Å². The van der Waals surface area contributed by atoms with Crippen molar-refractivity contribution in [2.45, 2.75) is 31.8 Å². The number of nitrogens with zero attached hydrogens (tertiary/aromatic N) is 1. The molecule has 0 saturated carbocycles. The molecule has 1 unspecified atom stereocenters. The molecule has 1 aliphatic rings. The van der Waals surface area contributed by atoms with Crippen molar-refractivity contribution < 1.29 is 14.7 Å². The Balaban J connectivity index is 1.97. The molecule has 6 nitrogen and oxygen atoms in total. The highest BCUT2D eigenvalue weighted by Crippen LogP contribution is 2.24. The summed E-state index contributed by atoms with van der Waals surface area (Å²) < 4.78 is 5.53. The number of hydrogen-bond donors (Lipinski definition) is 3. The topological polar surface area (TPSA) is 96.9 Å². The molecule has 1 amide bonds. The van der Waals surface area contributed by atoms with Gasteiger partial charge in [0.05, 0.1) is 23.2 Å². The number of anilines is 1. The van der Waals surface area contributed by atoms with E-state index in [-0.39, 0.29) is 17.8 Å². The van der Waals surface area contributed by atoms with E-state index in [1.807, 2.05) is 0 Å². The highest BCUT2D eigenvalue weighted by molar-refractivity contribution is 6.34. The second kappa shape index (κ2) is 7.28. The summed E-state index contributed by atoms with van der Waals surface area (Å²) in [7, 11) is 0. The molecule has 7 heteroatoms. The minimum absolute atomic E-state index is 0.0195. The highest BCUT2D eigenvalue weighted by Gasteiger charge is 2.18. The van der Waals surface area contributed by atoms with Crippen molar-refractivity contribution in [1.29, 1.82) is 0 Å². The van der Waals surface area contributed by atoms with Gasteiger partial charge < -0.3 is 21.0 Å². The number of benzene rings is 1. The second-order valence-electron chi connectivity index (χ2n) is 4.92. The summed E-state index contributed by atoms with van der Waals surface area (Å²) in [5.41, 5.74) is 6.45. The summed E-state index contributed by atoms with van der Waals surface area (Å²) in [6.07, 6.45) is 3.35. The maximum Gasteiger partial charge on any atom is 0.227 e. The second-order valence-corrected chi connectivity index (χ2v) is 5.33. The van der Waals surface area contributed by atoms with Crippen molar-refractivity contribution in [2.24, 2.45) is 10.9 Å². The average molecular weight is 312 g/mol. The zero-order valence-corrected chi connectivity index (χ0v) is 12.3. The van der Waals surface area contributed by atoms with Gasteiger partial charge in [-0.05, 0) is 37.5 Å². The number of carbonyl (C=O) groups excluding carboxylic acids is 1. The minimum Gasteiger partial charge on any atom is -0.409 e. The van der Waals surface area contributed by atoms with E-state index in [4.69, 9.17) is 27.3 Å². The van der Waals surface area contributed by atoms with Crippen molar-refractivity contribution in [3.8, 4) is 0 Å². The van der Waals surface area contributed by atoms with Gasteiger partial charge in [-0.15, -0.1) is 0 Å². The smallest absolute Gasteiger partial charge is 0.227 e. The number of carbonyl (C=O) groups is 1. The number of halogens is 1. The predicted molar refractivity (Wildman–Crippen MR) is 80.8 cm³/mol. The summed E-state index contributed by atoms with van der Waals surface area (Å²) in [6, 6.07) is 4.77. The number of hydrogen-bond acceptors (Lipinski definition) is 4. The van der Waals surface area contributed by atoms with E-state index in [9.17, 15) is 4.79 Å². The molecule has 1 aromatic carbocycles. The van der Waals surface area contributed by atoms with Crippen molar-refractivity contribution in [1.82, 2.24) is 0 Å². The maximum atomic E-state index is 12.0. The van der Waals surface area contributed by atoms with Crippen LogP contribution < -0.4 is 11.1 Å². The molecule has 21 heavy (non-hydrogen) atoms. The first-order valence-corrected chi connectivity index (χ1v) is 7.17. The summed E-state index contributed by atoms with van der Waals surface area (Å²) in [5.74, 6) is -0.175. The molecule has 2 rings (SSSR count). The van der Waals surface area contributed by atoms with E-state index < -0.39 is 0 Å². The molecular weight excluding hydrogens is 294 g/mol. The van der Waals surface area contributed by atoms with Crippen LogP contribution in [0, 0.1) is 0 Å². The van der Waals surface area contributed by atoms with E-state index >= 15 is 0 Å². The van der Waals surface area contributed by atoms with Crippen LogP contribution in [0.2, 0.25) is 5.02 Å². The molecule has 1 saturated heterocycles. The molecule has 1 heterocycles. The first-order chi connectivity index (χ1) is 10.1. The zero-order valence-electron chi connectivity index (χ0n) is 11.5. The molecule has 1 aromatic rings. The number of amidine groups is 1. The Hall–Kier alpha value is -1.79. The van der Waals surface area contributed by atoms with E-state index in [0.29, 0.717) is 29.3 Å². The Bertz CT molecular complexity index is 542. The van der Waals surface area contributed by atoms with Crippen LogP contribution in [-0.2, 0) is 9.53 Å². The first-order valence-electron chi connectivity index (χ1n) is 6.79. The number of ether oxygens (including phenoxy) is 1. The molecule has 1 atom stereocenters. The van der Waals surface area contributed by atoms with Gasteiger partial charge in [0.25, 0.3) is 0 Å². The standard InChI is InChI=1S/C14H18ClN3O3/c15-11-7-9(14(16)18-20)4-5-12(11)17-13(19)8-10-3-1-2-6-21-10/h4-5,7,10,20H,1-3,6,8H2,(H2,16,18)(H,17,19). The fraction of sp³-hybridized carbons (Fsp3) is 0.429. The van der Waals surface area contributed by atoms with Gasteiger partial charge in [0.15, 0.2) is 5.84 Å². The fourth-order valence-electron chi connectivity index (χ4n) is 2.21. The van der Waals surface area contributed by atoms with Gasteiger partial charge in [-0.3, -0.25) is 4.79 Å². The van der Waals surface area contributed by atoms with E-state index in [2.05, 4.69) is 10.5 Å². The predicted octanol–water partition coefficient (Wildman–Crippen LogP) is 2.33. The Morgan fingerprint density at radius 3 is 2.95 bits per heavy atom. The SMILES string of the molecule is N/C(=N/O)c1ccc(NC(=O)CC2CCCCO2)c(Cl)c1. The maximum absolute atomic E-state index is 12.0. The fourth-order valence-corrected chi connectivity index (χ4v) is 2.44. The number of nitrogens with two attached hydrogens (primary N) is 1. The lowest BCUT2D eigenvalue weighted by atomic mass is 10.1. The van der Waals surface area contributed by atoms with Crippen LogP contribution in [0.3, 0.4) is 0 Å². The van der Waals surface area contributed by atoms with Crippen molar-refractivity contribution in [2.75, 3.05) is 11.9 Å². The van der Waals surface area contributed by atoms with Crippen LogP contribution in [0.1, 0.15) is 31.2 Å². The number of oxime groups is 1. The monoisotopic (exact) mass is 311 g/mol. The summed E-state index contributed by atoms with van der Waals surface area (Å²) in [4.78, 5) is 12.0. The third-order valence-electron chi connectivity index (χ3n) is 3.33. The summed E-state index contributed by atoms with van der Waals surface area (Å²) in [6.45, 7) is 0.715. The molecular formula is C14H18ClN3O3. The molecule has 0 aliphatic carbocycles. The van der Waals surface area contributed by atoms with Crippen LogP contribution in [-0.4, -0.2) is 29.7 Å². The van der Waals surface area contributed by atoms with E-state index in [0.717, 1.165) is 19.3 Å². The van der Waals surface area contributed by atoms with Gasteiger partial charge in [0, 0.05) is 12.2 Å². The van der Waals surface area contributed by atoms with Crippen LogP contribution in [0.4, 0.5) is 5.69 Å². The third-order valence-corrected chi connectivity index (χ3v) is 3.65. The van der Waals surface area contributed by atoms with E-state index in [1.165, 1.54) is 6.07 Å². The molecule has 4 N–H and O–H groups in total. The molecule has 0 radical (unpaired) electrons. The molecule has 114 valence electrons. The largest absolute Gasteiger partial charge is 0.409 e. The Morgan fingerprint density at radius 1 is 1.52 bits per heavy atom. The van der Waals surface area contributed by atoms with Crippen molar-refractivity contribution in [3.63, 3.8) is 0 Å². The van der Waals surface area contributed by atoms with Crippen LogP contribution in [0.25, 0.3) is 0 Å². The van der Waals surface area contributed by atoms with Gasteiger partial charge in [-0.1, -0.05) is 16.8 Å². The third kappa shape index (κ3) is 4.34. The van der Waals surface area contributed by atoms with Gasteiger partial charge in [-0.25, -0.2) is 0 Å². The van der Waals surface area contributed by atoms with Crippen LogP contribution in [0.15, 0.2) is 23.4 Å². The Labute approximate surface area is 127 Å². The zero-order chi connectivity index (χ0) is 15.2. The summed E-state index contributed by atoms with van der Waals surface area (Å²) >= 11 is 6.08. The average Bonchev–Trinajstić information content (AvgIpc) is 2.49. The molecule has 1 aliphatic heterocycles. The van der Waals surface area contributed by atoms with Gasteiger partial charge in [0.1, 0.15) is 0 Å². The van der Waals surface area contributed by atoms with Gasteiger partial charge in [-0.2, -0.15) is 0 Å². The highest BCUT2D eigenvalue weighted by atomic mass is 35.5. The Morgan fingerprint density at radius 2 is 2.33 bits per heavy atom. The lowest BCUT2D eigenvalue weighted by Gasteiger charge is -2.22. The summed E-state index contributed by atoms with van der Waals surface area (Å²) in [5, 5.41) is 14.6. The van der Waals surface area contributed by atoms with Gasteiger partial charge in [0.2, 0.25) is 5.91 Å². The normalized spacial score (nSPS) is 19.3. The number of amides is 1.